The SMILES string of the molecule is Cc1cccc(N)c1C(=O)N1CCOC[C@H]1C. The molecule has 0 aliphatic carbocycles. The predicted octanol–water partition coefficient (Wildman–Crippen LogP) is 1.44. The van der Waals surface area contributed by atoms with Gasteiger partial charge in [0.2, 0.25) is 0 Å². The van der Waals surface area contributed by atoms with E-state index in [9.17, 15) is 4.79 Å². The van der Waals surface area contributed by atoms with Gasteiger partial charge in [0.05, 0.1) is 24.8 Å². The van der Waals surface area contributed by atoms with Gasteiger partial charge in [-0.05, 0) is 25.5 Å². The zero-order valence-electron chi connectivity index (χ0n) is 10.3. The number of nitrogens with zero attached hydrogens (tertiary/aromatic N) is 1. The van der Waals surface area contributed by atoms with E-state index in [-0.39, 0.29) is 11.9 Å². The molecule has 0 saturated carbocycles. The van der Waals surface area contributed by atoms with Crippen LogP contribution in [-0.4, -0.2) is 36.6 Å². The van der Waals surface area contributed by atoms with Crippen molar-refractivity contribution in [1.82, 2.24) is 4.90 Å². The van der Waals surface area contributed by atoms with Crippen LogP contribution in [0.2, 0.25) is 0 Å². The lowest BCUT2D eigenvalue weighted by Gasteiger charge is -2.34. The maximum atomic E-state index is 12.4. The van der Waals surface area contributed by atoms with E-state index in [2.05, 4.69) is 0 Å². The monoisotopic (exact) mass is 234 g/mol. The van der Waals surface area contributed by atoms with Crippen LogP contribution in [-0.2, 0) is 4.74 Å². The van der Waals surface area contributed by atoms with Gasteiger partial charge in [0.15, 0.2) is 0 Å². The lowest BCUT2D eigenvalue weighted by atomic mass is 10.0. The van der Waals surface area contributed by atoms with Crippen LogP contribution in [0.25, 0.3) is 0 Å². The minimum absolute atomic E-state index is 0.0106. The second kappa shape index (κ2) is 4.75. The number of hydrogen-bond donors (Lipinski definition) is 1. The summed E-state index contributed by atoms with van der Waals surface area (Å²) in [6.45, 7) is 5.73. The summed E-state index contributed by atoms with van der Waals surface area (Å²) in [5.74, 6) is 0.0106. The molecule has 1 amide bonds. The number of carbonyl (C=O) groups excluding carboxylic acids is 1. The highest BCUT2D eigenvalue weighted by atomic mass is 16.5. The number of anilines is 1. The van der Waals surface area contributed by atoms with Gasteiger partial charge in [-0.25, -0.2) is 0 Å². The van der Waals surface area contributed by atoms with Crippen LogP contribution >= 0.6 is 0 Å². The molecule has 0 bridgehead atoms. The summed E-state index contributed by atoms with van der Waals surface area (Å²) in [6.07, 6.45) is 0. The molecular weight excluding hydrogens is 216 g/mol. The van der Waals surface area contributed by atoms with Gasteiger partial charge in [-0.3, -0.25) is 4.79 Å². The average Bonchev–Trinajstić information content (AvgIpc) is 2.29. The Morgan fingerprint density at radius 3 is 2.94 bits per heavy atom. The first kappa shape index (κ1) is 11.9. The van der Waals surface area contributed by atoms with E-state index in [1.807, 2.05) is 30.9 Å². The van der Waals surface area contributed by atoms with E-state index in [0.717, 1.165) is 5.56 Å². The fourth-order valence-electron chi connectivity index (χ4n) is 2.16. The third-order valence-corrected chi connectivity index (χ3v) is 3.15. The number of benzene rings is 1. The van der Waals surface area contributed by atoms with E-state index in [1.54, 1.807) is 6.07 Å². The van der Waals surface area contributed by atoms with Crippen LogP contribution in [0, 0.1) is 6.92 Å². The zero-order valence-corrected chi connectivity index (χ0v) is 10.3. The largest absolute Gasteiger partial charge is 0.398 e. The Labute approximate surface area is 101 Å². The molecule has 4 heteroatoms. The molecule has 0 aromatic heterocycles. The molecule has 1 aliphatic heterocycles. The maximum Gasteiger partial charge on any atom is 0.256 e. The van der Waals surface area contributed by atoms with Crippen molar-refractivity contribution in [1.29, 1.82) is 0 Å². The standard InChI is InChI=1S/C13H18N2O2/c1-9-4-3-5-11(14)12(9)13(16)15-6-7-17-8-10(15)2/h3-5,10H,6-8,14H2,1-2H3/t10-/m1/s1. The molecule has 0 radical (unpaired) electrons. The Morgan fingerprint density at radius 2 is 2.29 bits per heavy atom. The lowest BCUT2D eigenvalue weighted by Crippen LogP contribution is -2.47. The van der Waals surface area contributed by atoms with Crippen LogP contribution in [0.3, 0.4) is 0 Å². The van der Waals surface area contributed by atoms with Crippen molar-refractivity contribution in [3.8, 4) is 0 Å². The van der Waals surface area contributed by atoms with Gasteiger partial charge in [0.25, 0.3) is 5.91 Å². The summed E-state index contributed by atoms with van der Waals surface area (Å²) in [6, 6.07) is 5.65. The smallest absolute Gasteiger partial charge is 0.256 e. The Kier molecular flexibility index (Phi) is 3.33. The number of ether oxygens (including phenoxy) is 1. The summed E-state index contributed by atoms with van der Waals surface area (Å²) in [4.78, 5) is 14.3. The van der Waals surface area contributed by atoms with Crippen molar-refractivity contribution < 1.29 is 9.53 Å². The summed E-state index contributed by atoms with van der Waals surface area (Å²) in [7, 11) is 0. The topological polar surface area (TPSA) is 55.6 Å². The fraction of sp³-hybridized carbons (Fsp3) is 0.462. The van der Waals surface area contributed by atoms with Crippen LogP contribution in [0.4, 0.5) is 5.69 Å². The highest BCUT2D eigenvalue weighted by molar-refractivity contribution is 6.00. The Morgan fingerprint density at radius 1 is 1.53 bits per heavy atom. The molecule has 2 rings (SSSR count). The van der Waals surface area contributed by atoms with Gasteiger partial charge in [0, 0.05) is 12.2 Å². The minimum atomic E-state index is 0.0106. The Hall–Kier alpha value is -1.55. The molecule has 1 heterocycles. The number of carbonyl (C=O) groups is 1. The summed E-state index contributed by atoms with van der Waals surface area (Å²) >= 11 is 0. The van der Waals surface area contributed by atoms with Crippen molar-refractivity contribution in [2.45, 2.75) is 19.9 Å². The van der Waals surface area contributed by atoms with Crippen molar-refractivity contribution in [2.24, 2.45) is 0 Å². The summed E-state index contributed by atoms with van der Waals surface area (Å²) in [5, 5.41) is 0. The number of morpholine rings is 1. The maximum absolute atomic E-state index is 12.4. The molecule has 17 heavy (non-hydrogen) atoms. The Balaban J connectivity index is 2.30. The van der Waals surface area contributed by atoms with Crippen molar-refractivity contribution in [3.63, 3.8) is 0 Å². The molecule has 1 aromatic rings. The zero-order chi connectivity index (χ0) is 12.4. The number of rotatable bonds is 1. The second-order valence-electron chi connectivity index (χ2n) is 4.46. The first-order valence-electron chi connectivity index (χ1n) is 5.85. The third-order valence-electron chi connectivity index (χ3n) is 3.15. The average molecular weight is 234 g/mol. The van der Waals surface area contributed by atoms with E-state index in [1.165, 1.54) is 0 Å². The van der Waals surface area contributed by atoms with Gasteiger partial charge >= 0.3 is 0 Å². The highest BCUT2D eigenvalue weighted by Gasteiger charge is 2.26. The van der Waals surface area contributed by atoms with Crippen molar-refractivity contribution in [2.75, 3.05) is 25.5 Å². The number of aryl methyl sites for hydroxylation is 1. The third kappa shape index (κ3) is 2.26. The molecule has 92 valence electrons. The van der Waals surface area contributed by atoms with Crippen molar-refractivity contribution in [3.05, 3.63) is 29.3 Å². The van der Waals surface area contributed by atoms with Gasteiger partial charge in [-0.15, -0.1) is 0 Å². The number of hydrogen-bond acceptors (Lipinski definition) is 3. The lowest BCUT2D eigenvalue weighted by molar-refractivity contribution is 0.00361. The fourth-order valence-corrected chi connectivity index (χ4v) is 2.16. The van der Waals surface area contributed by atoms with E-state index >= 15 is 0 Å². The molecule has 4 nitrogen and oxygen atoms in total. The summed E-state index contributed by atoms with van der Waals surface area (Å²) in [5.41, 5.74) is 8.00. The number of nitrogen functional groups attached to an aromatic ring is 1. The first-order chi connectivity index (χ1) is 8.11. The minimum Gasteiger partial charge on any atom is -0.398 e. The molecule has 2 N–H and O–H groups in total. The second-order valence-corrected chi connectivity index (χ2v) is 4.46. The number of nitrogens with two attached hydrogens (primary N) is 1. The van der Waals surface area contributed by atoms with Crippen LogP contribution in [0.15, 0.2) is 18.2 Å². The van der Waals surface area contributed by atoms with Gasteiger partial charge in [0.1, 0.15) is 0 Å². The van der Waals surface area contributed by atoms with E-state index in [0.29, 0.717) is 31.0 Å². The first-order valence-corrected chi connectivity index (χ1v) is 5.85. The summed E-state index contributed by atoms with van der Waals surface area (Å²) < 4.78 is 5.33. The number of amides is 1. The van der Waals surface area contributed by atoms with E-state index < -0.39 is 0 Å². The molecule has 0 spiro atoms. The molecule has 0 unspecified atom stereocenters. The molecular formula is C13H18N2O2. The van der Waals surface area contributed by atoms with Gasteiger partial charge in [-0.1, -0.05) is 12.1 Å². The predicted molar refractivity (Wildman–Crippen MR) is 66.9 cm³/mol. The van der Waals surface area contributed by atoms with Crippen LogP contribution < -0.4 is 5.73 Å². The molecule has 1 aliphatic rings. The Bertz CT molecular complexity index is 411. The van der Waals surface area contributed by atoms with Crippen LogP contribution in [0.1, 0.15) is 22.8 Å². The quantitative estimate of drug-likeness (QED) is 0.748. The normalized spacial score (nSPS) is 20.4. The van der Waals surface area contributed by atoms with Crippen LogP contribution in [0.5, 0.6) is 0 Å². The molecule has 1 fully saturated rings. The molecule has 1 atom stereocenters. The highest BCUT2D eigenvalue weighted by Crippen LogP contribution is 2.20. The molecule has 1 aromatic carbocycles. The van der Waals surface area contributed by atoms with Gasteiger partial charge < -0.3 is 15.4 Å². The van der Waals surface area contributed by atoms with E-state index in [4.69, 9.17) is 10.5 Å². The van der Waals surface area contributed by atoms with Crippen molar-refractivity contribution >= 4 is 11.6 Å². The molecule has 1 saturated heterocycles. The van der Waals surface area contributed by atoms with Gasteiger partial charge in [-0.2, -0.15) is 0 Å².